The van der Waals surface area contributed by atoms with Crippen molar-refractivity contribution < 1.29 is 23.7 Å². The van der Waals surface area contributed by atoms with Gasteiger partial charge in [0.15, 0.2) is 0 Å². The van der Waals surface area contributed by atoms with E-state index in [1.54, 1.807) is 7.11 Å². The number of likely N-dealkylation sites (tertiary alicyclic amines) is 1. The largest absolute Gasteiger partial charge is 0.492 e. The maximum Gasteiger partial charge on any atom is 0.145 e. The number of hydrogen-bond donors (Lipinski definition) is 0. The van der Waals surface area contributed by atoms with E-state index >= 15 is 0 Å². The number of carbonyl (C=O) groups excluding carboxylic acids is 1. The van der Waals surface area contributed by atoms with Crippen molar-refractivity contribution in [2.75, 3.05) is 53.2 Å². The lowest BCUT2D eigenvalue weighted by molar-refractivity contribution is -0.112. The van der Waals surface area contributed by atoms with E-state index in [4.69, 9.17) is 18.9 Å². The molecule has 0 atom stereocenters. The number of benzene rings is 2. The summed E-state index contributed by atoms with van der Waals surface area (Å²) in [6.07, 6.45) is 5.28. The Morgan fingerprint density at radius 3 is 2.30 bits per heavy atom. The van der Waals surface area contributed by atoms with Crippen molar-refractivity contribution in [3.8, 4) is 5.75 Å². The maximum atomic E-state index is 10.3. The molecule has 242 valence electrons. The lowest BCUT2D eigenvalue weighted by Crippen LogP contribution is -2.39. The summed E-state index contributed by atoms with van der Waals surface area (Å²) in [5, 5.41) is 1.33. The minimum absolute atomic E-state index is 0.0417. The smallest absolute Gasteiger partial charge is 0.145 e. The van der Waals surface area contributed by atoms with Crippen molar-refractivity contribution in [2.24, 2.45) is 0 Å². The summed E-state index contributed by atoms with van der Waals surface area (Å²) in [6.45, 7) is 20.4. The average molecular weight is 607 g/mol. The van der Waals surface area contributed by atoms with E-state index < -0.39 is 0 Å². The molecule has 4 rings (SSSR count). The molecule has 7 heteroatoms. The third kappa shape index (κ3) is 10.9. The number of fused-ring (bicyclic) bond motifs is 1. The highest BCUT2D eigenvalue weighted by Gasteiger charge is 2.19. The molecule has 0 radical (unpaired) electrons. The van der Waals surface area contributed by atoms with Gasteiger partial charge < -0.3 is 28.3 Å². The number of ether oxygens (including phenoxy) is 4. The van der Waals surface area contributed by atoms with Crippen LogP contribution in [0.5, 0.6) is 5.75 Å². The molecule has 0 bridgehead atoms. The maximum absolute atomic E-state index is 10.3. The van der Waals surface area contributed by atoms with Crippen LogP contribution < -0.4 is 4.74 Å². The van der Waals surface area contributed by atoms with Gasteiger partial charge in [0.25, 0.3) is 0 Å². The molecule has 2 heterocycles. The van der Waals surface area contributed by atoms with Crippen molar-refractivity contribution in [3.05, 3.63) is 70.9 Å². The van der Waals surface area contributed by atoms with Gasteiger partial charge in [-0.15, -0.1) is 0 Å². The zero-order chi connectivity index (χ0) is 32.1. The van der Waals surface area contributed by atoms with Gasteiger partial charge >= 0.3 is 0 Å². The second-order valence-corrected chi connectivity index (χ2v) is 12.5. The fourth-order valence-corrected chi connectivity index (χ4v) is 5.32. The van der Waals surface area contributed by atoms with Gasteiger partial charge in [-0.2, -0.15) is 0 Å². The first-order valence-electron chi connectivity index (χ1n) is 15.9. The summed E-state index contributed by atoms with van der Waals surface area (Å²) in [5.41, 5.74) is 7.84. The third-order valence-electron chi connectivity index (χ3n) is 8.13. The Morgan fingerprint density at radius 2 is 1.68 bits per heavy atom. The molecule has 0 amide bonds. The molecule has 1 aliphatic heterocycles. The number of piperidine rings is 1. The third-order valence-corrected chi connectivity index (χ3v) is 8.13. The zero-order valence-electron chi connectivity index (χ0n) is 28.3. The molecule has 3 aromatic rings. The van der Waals surface area contributed by atoms with Crippen LogP contribution >= 0.6 is 0 Å². The van der Waals surface area contributed by atoms with E-state index in [-0.39, 0.29) is 18.3 Å². The van der Waals surface area contributed by atoms with E-state index in [9.17, 15) is 4.79 Å². The summed E-state index contributed by atoms with van der Waals surface area (Å²) < 4.78 is 24.5. The number of allylic oxidation sites excluding steroid dienone is 2. The summed E-state index contributed by atoms with van der Waals surface area (Å²) >= 11 is 0. The molecule has 1 saturated heterocycles. The number of aldehydes is 1. The van der Waals surface area contributed by atoms with Crippen molar-refractivity contribution in [1.82, 2.24) is 9.47 Å². The van der Waals surface area contributed by atoms with Crippen LogP contribution in [0.3, 0.4) is 0 Å². The van der Waals surface area contributed by atoms with Gasteiger partial charge in [-0.3, -0.25) is 4.90 Å². The number of carbonyl (C=O) groups is 1. The van der Waals surface area contributed by atoms with E-state index in [0.29, 0.717) is 19.8 Å². The number of rotatable bonds is 13. The summed E-state index contributed by atoms with van der Waals surface area (Å²) in [5.74, 6) is 0.913. The van der Waals surface area contributed by atoms with Crippen LogP contribution in [0.15, 0.2) is 48.5 Å². The van der Waals surface area contributed by atoms with Crippen LogP contribution in [-0.2, 0) is 25.5 Å². The highest BCUT2D eigenvalue weighted by Crippen LogP contribution is 2.32. The van der Waals surface area contributed by atoms with Crippen LogP contribution in [-0.4, -0.2) is 80.6 Å². The van der Waals surface area contributed by atoms with Crippen LogP contribution in [0.4, 0.5) is 0 Å². The van der Waals surface area contributed by atoms with Crippen LogP contribution in [0.25, 0.3) is 16.5 Å². The standard InChI is InChI=1S/C32H42N2O4.C5H12O/c1-5-25(3)32-26(4)30-22-24(2)6-11-31(30)34(32)23-27-7-9-28(10-8-27)37-18-16-33-14-12-29(13-15-33)38-21-20-36-19-17-35;1-5(2,3)6-4/h5-11,17,22,29H,12-16,18-21,23H2,1-4H3;1-4H3/b25-5+;. The Bertz CT molecular complexity index is 1330. The van der Waals surface area contributed by atoms with Crippen molar-refractivity contribution in [3.63, 3.8) is 0 Å². The van der Waals surface area contributed by atoms with Crippen LogP contribution in [0, 0.1) is 13.8 Å². The van der Waals surface area contributed by atoms with Crippen molar-refractivity contribution >= 4 is 22.8 Å². The molecule has 0 unspecified atom stereocenters. The van der Waals surface area contributed by atoms with Crippen LogP contribution in [0.2, 0.25) is 0 Å². The molecule has 0 N–H and O–H groups in total. The van der Waals surface area contributed by atoms with Gasteiger partial charge in [0.1, 0.15) is 25.2 Å². The Morgan fingerprint density at radius 1 is 1.00 bits per heavy atom. The monoisotopic (exact) mass is 606 g/mol. The van der Waals surface area contributed by atoms with E-state index in [1.165, 1.54) is 38.9 Å². The lowest BCUT2D eigenvalue weighted by atomic mass is 10.1. The van der Waals surface area contributed by atoms with Gasteiger partial charge in [-0.25, -0.2) is 0 Å². The Kier molecular flexibility index (Phi) is 14.1. The minimum atomic E-state index is 0.0417. The first-order valence-corrected chi connectivity index (χ1v) is 15.9. The second-order valence-electron chi connectivity index (χ2n) is 12.5. The molecule has 7 nitrogen and oxygen atoms in total. The topological polar surface area (TPSA) is 62.2 Å². The lowest BCUT2D eigenvalue weighted by Gasteiger charge is -2.31. The molecule has 1 aromatic heterocycles. The van der Waals surface area contributed by atoms with Gasteiger partial charge in [0, 0.05) is 49.9 Å². The second kappa shape index (κ2) is 17.5. The van der Waals surface area contributed by atoms with Gasteiger partial charge in [0.05, 0.1) is 24.9 Å². The highest BCUT2D eigenvalue weighted by atomic mass is 16.5. The zero-order valence-corrected chi connectivity index (χ0v) is 28.3. The minimum Gasteiger partial charge on any atom is -0.492 e. The molecule has 1 fully saturated rings. The summed E-state index contributed by atoms with van der Waals surface area (Å²) in [4.78, 5) is 12.7. The quantitative estimate of drug-likeness (QED) is 0.151. The molecule has 0 aliphatic carbocycles. The molecule has 1 aliphatic rings. The molecular weight excluding hydrogens is 552 g/mol. The number of hydrogen-bond acceptors (Lipinski definition) is 6. The average Bonchev–Trinajstić information content (AvgIpc) is 3.28. The normalized spacial score (nSPS) is 14.9. The number of nitrogens with zero attached hydrogens (tertiary/aromatic N) is 2. The Hall–Kier alpha value is -2.97. The molecular formula is C37H54N2O5. The van der Waals surface area contributed by atoms with Gasteiger partial charge in [0.2, 0.25) is 0 Å². The molecule has 44 heavy (non-hydrogen) atoms. The van der Waals surface area contributed by atoms with E-state index in [0.717, 1.165) is 51.1 Å². The number of aryl methyl sites for hydroxylation is 2. The first-order chi connectivity index (χ1) is 21.1. The SMILES string of the molecule is C/C=C(\C)c1c(C)c2cc(C)ccc2n1Cc1ccc(OCCN2CCC(OCCOCC=O)CC2)cc1.COC(C)(C)C. The predicted molar refractivity (Wildman–Crippen MR) is 181 cm³/mol. The molecule has 0 spiro atoms. The molecule has 2 aromatic carbocycles. The van der Waals surface area contributed by atoms with E-state index in [1.807, 2.05) is 20.8 Å². The summed E-state index contributed by atoms with van der Waals surface area (Å²) in [7, 11) is 1.71. The fourth-order valence-electron chi connectivity index (χ4n) is 5.32. The Balaban J connectivity index is 0.000000801. The predicted octanol–water partition coefficient (Wildman–Crippen LogP) is 7.24. The van der Waals surface area contributed by atoms with Crippen LogP contribution in [0.1, 0.15) is 69.8 Å². The highest BCUT2D eigenvalue weighted by molar-refractivity contribution is 5.90. The fraction of sp³-hybridized carbons (Fsp3) is 0.541. The Labute approximate surface area is 265 Å². The van der Waals surface area contributed by atoms with E-state index in [2.05, 4.69) is 85.7 Å². The summed E-state index contributed by atoms with van der Waals surface area (Å²) in [6, 6.07) is 15.3. The van der Waals surface area contributed by atoms with Gasteiger partial charge in [-0.1, -0.05) is 29.8 Å². The van der Waals surface area contributed by atoms with Crippen molar-refractivity contribution in [2.45, 2.75) is 79.6 Å². The van der Waals surface area contributed by atoms with Gasteiger partial charge in [-0.05, 0) is 102 Å². The first kappa shape index (κ1) is 35.5. The van der Waals surface area contributed by atoms with Crippen molar-refractivity contribution in [1.29, 1.82) is 0 Å². The number of methoxy groups -OCH3 is 1. The number of aromatic nitrogens is 1. The molecule has 0 saturated carbocycles.